The fraction of sp³-hybridized carbons (Fsp3) is 0. The lowest BCUT2D eigenvalue weighted by molar-refractivity contribution is 0.673. The van der Waals surface area contributed by atoms with Crippen LogP contribution in [0.4, 0.5) is 0 Å². The van der Waals surface area contributed by atoms with E-state index in [1.807, 2.05) is 0 Å². The van der Waals surface area contributed by atoms with Crippen molar-refractivity contribution in [3.8, 4) is 33.4 Å². The van der Waals surface area contributed by atoms with E-state index in [1.54, 1.807) is 0 Å². The number of benzene rings is 10. The van der Waals surface area contributed by atoms with Gasteiger partial charge in [-0.3, -0.25) is 0 Å². The van der Waals surface area contributed by atoms with Gasteiger partial charge in [0.05, 0.1) is 41.1 Å². The Morgan fingerprint density at radius 3 is 1.57 bits per heavy atom. The molecule has 11 rings (SSSR count). The van der Waals surface area contributed by atoms with Gasteiger partial charge >= 0.3 is 0 Å². The molecule has 1 nitrogen and oxygen atoms in total. The predicted octanol–water partition coefficient (Wildman–Crippen LogP) is 14.4. The Balaban J connectivity index is 1.43. The molecule has 1 aromatic heterocycles. The summed E-state index contributed by atoms with van der Waals surface area (Å²) in [4.78, 5) is 0. The van der Waals surface area contributed by atoms with Gasteiger partial charge in [0.15, 0.2) is 0 Å². The summed E-state index contributed by atoms with van der Waals surface area (Å²) in [7, 11) is 0. The Labute approximate surface area is 336 Å². The van der Waals surface area contributed by atoms with Crippen LogP contribution in [-0.4, -0.2) is 0 Å². The van der Waals surface area contributed by atoms with Crippen LogP contribution in [0.25, 0.3) is 109 Å². The molecule has 236 valence electrons. The molecule has 0 aliphatic rings. The van der Waals surface area contributed by atoms with Crippen molar-refractivity contribution in [2.45, 2.75) is 0 Å². The molecule has 0 saturated carbocycles. The summed E-state index contributed by atoms with van der Waals surface area (Å²) in [5.74, 6) is 0. The van der Waals surface area contributed by atoms with Crippen molar-refractivity contribution in [3.63, 3.8) is 0 Å². The molecule has 1 heterocycles. The molecule has 0 unspecified atom stereocenters. The van der Waals surface area contributed by atoms with Crippen LogP contribution in [0.2, 0.25) is 0 Å². The van der Waals surface area contributed by atoms with E-state index in [4.69, 9.17) is 29.1 Å². The predicted molar refractivity (Wildman–Crippen MR) is 218 cm³/mol. The van der Waals surface area contributed by atoms with Crippen molar-refractivity contribution >= 4 is 75.8 Å². The van der Waals surface area contributed by atoms with E-state index in [0.29, 0.717) is 0 Å². The van der Waals surface area contributed by atoms with E-state index in [9.17, 15) is 16.4 Å². The van der Waals surface area contributed by atoms with E-state index >= 15 is 0 Å². The van der Waals surface area contributed by atoms with Gasteiger partial charge in [0.25, 0.3) is 0 Å². The van der Waals surface area contributed by atoms with E-state index in [-0.39, 0.29) is 0 Å². The van der Waals surface area contributed by atoms with Crippen LogP contribution in [0.15, 0.2) is 186 Å². The van der Waals surface area contributed by atoms with Gasteiger partial charge in [-0.25, -0.2) is 0 Å². The molecule has 0 bridgehead atoms. The summed E-state index contributed by atoms with van der Waals surface area (Å²) in [6.07, 6.45) is 0. The molecular weight excluding hydrogens is 617 g/mol. The van der Waals surface area contributed by atoms with E-state index in [1.165, 1.54) is 0 Å². The molecular formula is C50H30O. The van der Waals surface area contributed by atoms with Gasteiger partial charge < -0.3 is 4.42 Å². The van der Waals surface area contributed by atoms with Gasteiger partial charge in [-0.15, -0.1) is 0 Å². The molecule has 10 aromatic carbocycles. The van der Waals surface area contributed by atoms with Crippen LogP contribution in [0.1, 0.15) is 41.1 Å². The molecule has 0 aliphatic carbocycles. The fourth-order valence-corrected chi connectivity index (χ4v) is 6.41. The van der Waals surface area contributed by atoms with Crippen molar-refractivity contribution < 1.29 is 45.5 Å². The second-order valence-corrected chi connectivity index (χ2v) is 11.3. The van der Waals surface area contributed by atoms with Crippen LogP contribution >= 0.6 is 0 Å². The Morgan fingerprint density at radius 2 is 0.843 bits per heavy atom. The minimum Gasteiger partial charge on any atom is -0.455 e. The van der Waals surface area contributed by atoms with Gasteiger partial charge in [-0.05, 0) is 106 Å². The Morgan fingerprint density at radius 1 is 0.333 bits per heavy atom. The highest BCUT2D eigenvalue weighted by molar-refractivity contribution is 6.23. The maximum absolute atomic E-state index is 10.2. The van der Waals surface area contributed by atoms with E-state index < -0.39 is 290 Å². The maximum atomic E-state index is 10.2. The topological polar surface area (TPSA) is 13.1 Å². The largest absolute Gasteiger partial charge is 0.455 e. The normalized spacial score (nSPS) is 20.2. The molecule has 0 fully saturated rings. The van der Waals surface area contributed by atoms with Crippen LogP contribution < -0.4 is 0 Å². The quantitative estimate of drug-likeness (QED) is 0.170. The molecule has 0 radical (unpaired) electrons. The Hall–Kier alpha value is -6.70. The first-order chi connectivity index (χ1) is 37.8. The molecule has 0 spiro atoms. The van der Waals surface area contributed by atoms with Crippen molar-refractivity contribution in [2.24, 2.45) is 0 Å². The third kappa shape index (κ3) is 4.22. The van der Waals surface area contributed by atoms with Crippen molar-refractivity contribution in [2.75, 3.05) is 0 Å². The van der Waals surface area contributed by atoms with Crippen LogP contribution in [0, 0.1) is 0 Å². The Kier molecular flexibility index (Phi) is 2.50. The minimum atomic E-state index is -1.10. The van der Waals surface area contributed by atoms with Gasteiger partial charge in [0.2, 0.25) is 0 Å². The molecule has 0 atom stereocenters. The van der Waals surface area contributed by atoms with Crippen LogP contribution in [0.5, 0.6) is 0 Å². The first-order valence-corrected chi connectivity index (χ1v) is 15.2. The van der Waals surface area contributed by atoms with Crippen LogP contribution in [0.3, 0.4) is 0 Å². The summed E-state index contributed by atoms with van der Waals surface area (Å²) >= 11 is 0. The lowest BCUT2D eigenvalue weighted by Crippen LogP contribution is -1.91. The summed E-state index contributed by atoms with van der Waals surface area (Å²) in [5.41, 5.74) is -6.05. The molecule has 0 saturated heterocycles. The first kappa shape index (κ1) is 11.7. The number of furan rings is 1. The third-order valence-corrected chi connectivity index (χ3v) is 8.56. The molecule has 51 heavy (non-hydrogen) atoms. The lowest BCUT2D eigenvalue weighted by atomic mass is 9.84. The standard InChI is InChI=1S/C50H30O/c1-2-13-34-29-35(25-23-31(34)11-1)47-40-16-5-7-18-42(40)48(43-19-8-6-17-41(43)47)36-26-24-33-14-9-20-38(45(33)30-36)39-21-10-22-46-49(39)44-28-27-32-12-3-4-15-37(32)50(44)51-46/h1-30H/i1D,2D,3D,4D,5D,6D,7D,8D,9D,10D,11D,12D,13D,14D,15D,16D,17D,18D,19D,20D,21D,22D,23D,24D,25D,26D,27D,28D,29D,30D. The summed E-state index contributed by atoms with van der Waals surface area (Å²) < 4.78 is 279. The number of fused-ring (bicyclic) bond motifs is 9. The average molecular weight is 677 g/mol. The molecule has 1 heteroatoms. The van der Waals surface area contributed by atoms with E-state index in [0.717, 1.165) is 0 Å². The SMILES string of the molecule is [2H]c1c([2H])c(-c2c([2H])c([2H])c([2H])c3c([2H])c([2H])c(-c4c5c([2H])c([2H])c([2H])c([2H])c5c(-c5c([2H])c([2H])c6c([2H])c([2H])c([2H])c([2H])c6c5[2H])c5c([2H])c([2H])c([2H])c([2H])c45)c([2H])c23)c2c(oc3c4c([2H])c([2H])c([2H])c([2H])c4c([2H])c([2H])c32)c1[2H]. The van der Waals surface area contributed by atoms with Crippen molar-refractivity contribution in [1.29, 1.82) is 0 Å². The van der Waals surface area contributed by atoms with Crippen molar-refractivity contribution in [3.05, 3.63) is 181 Å². The lowest BCUT2D eigenvalue weighted by Gasteiger charge is -2.19. The smallest absolute Gasteiger partial charge is 0.143 e. The Bertz CT molecular complexity index is 4850. The monoisotopic (exact) mass is 676 g/mol. The zero-order chi connectivity index (χ0) is 59.6. The third-order valence-electron chi connectivity index (χ3n) is 8.56. The summed E-state index contributed by atoms with van der Waals surface area (Å²) in [6, 6.07) is -28.4. The number of hydrogen-bond donors (Lipinski definition) is 0. The highest BCUT2D eigenvalue weighted by Crippen LogP contribution is 2.46. The summed E-state index contributed by atoms with van der Waals surface area (Å²) in [5, 5.41) is -8.03. The van der Waals surface area contributed by atoms with Gasteiger partial charge in [0, 0.05) is 16.2 Å². The average Bonchev–Trinajstić information content (AvgIpc) is 4.01. The van der Waals surface area contributed by atoms with Crippen molar-refractivity contribution in [1.82, 2.24) is 0 Å². The minimum absolute atomic E-state index is 0.468. The molecule has 0 amide bonds. The van der Waals surface area contributed by atoms with Gasteiger partial charge in [-0.2, -0.15) is 0 Å². The first-order valence-electron chi connectivity index (χ1n) is 30.2. The number of rotatable bonds is 3. The van der Waals surface area contributed by atoms with E-state index in [2.05, 4.69) is 0 Å². The zero-order valence-electron chi connectivity index (χ0n) is 55.4. The number of hydrogen-bond acceptors (Lipinski definition) is 1. The second-order valence-electron chi connectivity index (χ2n) is 11.3. The van der Waals surface area contributed by atoms with Gasteiger partial charge in [-0.1, -0.05) is 157 Å². The highest BCUT2D eigenvalue weighted by atomic mass is 16.3. The fourth-order valence-electron chi connectivity index (χ4n) is 6.41. The summed E-state index contributed by atoms with van der Waals surface area (Å²) in [6.45, 7) is 0. The zero-order valence-corrected chi connectivity index (χ0v) is 25.4. The maximum Gasteiger partial charge on any atom is 0.143 e. The second kappa shape index (κ2) is 10.9. The highest BCUT2D eigenvalue weighted by Gasteiger charge is 2.19. The molecule has 0 aliphatic heterocycles. The van der Waals surface area contributed by atoms with Gasteiger partial charge in [0.1, 0.15) is 11.2 Å². The molecule has 11 aromatic rings. The molecule has 0 N–H and O–H groups in total. The van der Waals surface area contributed by atoms with Crippen LogP contribution in [-0.2, 0) is 0 Å².